The molecule has 1 aromatic heterocycles. The molecule has 1 aliphatic rings. The maximum Gasteiger partial charge on any atom is 0.256 e. The van der Waals surface area contributed by atoms with Crippen molar-refractivity contribution in [1.82, 2.24) is 9.97 Å². The summed E-state index contributed by atoms with van der Waals surface area (Å²) in [4.78, 5) is 19.2. The zero-order valence-corrected chi connectivity index (χ0v) is 12.4. The second-order valence-electron chi connectivity index (χ2n) is 5.23. The van der Waals surface area contributed by atoms with Gasteiger partial charge >= 0.3 is 0 Å². The molecule has 20 heavy (non-hydrogen) atoms. The molecule has 0 unspecified atom stereocenters. The fraction of sp³-hybridized carbons (Fsp3) is 0.333. The van der Waals surface area contributed by atoms with Gasteiger partial charge in [-0.05, 0) is 23.6 Å². The fourth-order valence-corrected chi connectivity index (χ4v) is 3.25. The van der Waals surface area contributed by atoms with Crippen molar-refractivity contribution in [2.45, 2.75) is 31.3 Å². The van der Waals surface area contributed by atoms with Gasteiger partial charge in [0.05, 0.1) is 5.69 Å². The first-order chi connectivity index (χ1) is 9.63. The summed E-state index contributed by atoms with van der Waals surface area (Å²) in [5.74, 6) is 2.62. The second kappa shape index (κ2) is 5.32. The van der Waals surface area contributed by atoms with Crippen LogP contribution in [0, 0.1) is 0 Å². The third-order valence-electron chi connectivity index (χ3n) is 3.43. The molecule has 4 nitrogen and oxygen atoms in total. The van der Waals surface area contributed by atoms with Gasteiger partial charge in [-0.1, -0.05) is 26.0 Å². The van der Waals surface area contributed by atoms with Crippen LogP contribution in [-0.4, -0.2) is 9.97 Å². The molecule has 0 amide bonds. The van der Waals surface area contributed by atoms with Crippen molar-refractivity contribution in [3.63, 3.8) is 0 Å². The number of H-pyrrole nitrogens is 1. The SMILES string of the molecule is CC(C)c1ccc(Nc2nc3c(c(=O)[nH]2)CSC3)cc1. The molecule has 0 fully saturated rings. The molecular formula is C15H17N3OS. The summed E-state index contributed by atoms with van der Waals surface area (Å²) in [5.41, 5.74) is 3.92. The van der Waals surface area contributed by atoms with Crippen LogP contribution in [0.4, 0.5) is 11.6 Å². The molecule has 0 aliphatic carbocycles. The molecule has 1 aromatic carbocycles. The summed E-state index contributed by atoms with van der Waals surface area (Å²) >= 11 is 1.73. The highest BCUT2D eigenvalue weighted by Crippen LogP contribution is 2.26. The minimum atomic E-state index is -0.0266. The van der Waals surface area contributed by atoms with Gasteiger partial charge in [-0.3, -0.25) is 9.78 Å². The van der Waals surface area contributed by atoms with E-state index >= 15 is 0 Å². The van der Waals surface area contributed by atoms with Crippen molar-refractivity contribution < 1.29 is 0 Å². The van der Waals surface area contributed by atoms with E-state index in [1.165, 1.54) is 5.56 Å². The number of hydrogen-bond acceptors (Lipinski definition) is 4. The normalized spacial score (nSPS) is 13.6. The van der Waals surface area contributed by atoms with E-state index in [4.69, 9.17) is 0 Å². The molecule has 0 saturated heterocycles. The number of aromatic amines is 1. The van der Waals surface area contributed by atoms with Crippen LogP contribution in [0.2, 0.25) is 0 Å². The minimum Gasteiger partial charge on any atom is -0.326 e. The van der Waals surface area contributed by atoms with Crippen molar-refractivity contribution in [2.24, 2.45) is 0 Å². The average molecular weight is 287 g/mol. The highest BCUT2D eigenvalue weighted by Gasteiger charge is 2.17. The van der Waals surface area contributed by atoms with E-state index in [9.17, 15) is 4.79 Å². The third-order valence-corrected chi connectivity index (χ3v) is 4.40. The van der Waals surface area contributed by atoms with E-state index in [-0.39, 0.29) is 5.56 Å². The Bertz CT molecular complexity index is 677. The quantitative estimate of drug-likeness (QED) is 0.908. The molecule has 3 rings (SSSR count). The number of benzene rings is 1. The molecule has 2 heterocycles. The molecule has 2 aromatic rings. The highest BCUT2D eigenvalue weighted by molar-refractivity contribution is 7.98. The first-order valence-corrected chi connectivity index (χ1v) is 7.86. The fourth-order valence-electron chi connectivity index (χ4n) is 2.21. The molecule has 2 N–H and O–H groups in total. The van der Waals surface area contributed by atoms with E-state index in [2.05, 4.69) is 41.3 Å². The van der Waals surface area contributed by atoms with E-state index < -0.39 is 0 Å². The van der Waals surface area contributed by atoms with Crippen molar-refractivity contribution in [3.8, 4) is 0 Å². The van der Waals surface area contributed by atoms with Crippen LogP contribution in [0.3, 0.4) is 0 Å². The molecule has 0 saturated carbocycles. The van der Waals surface area contributed by atoms with Crippen LogP contribution in [0.25, 0.3) is 0 Å². The Morgan fingerprint density at radius 2 is 2.00 bits per heavy atom. The van der Waals surface area contributed by atoms with Crippen LogP contribution < -0.4 is 10.9 Å². The van der Waals surface area contributed by atoms with Crippen molar-refractivity contribution in [1.29, 1.82) is 0 Å². The Labute approximate surface area is 122 Å². The molecule has 0 bridgehead atoms. The minimum absolute atomic E-state index is 0.0266. The average Bonchev–Trinajstić information content (AvgIpc) is 2.88. The summed E-state index contributed by atoms with van der Waals surface area (Å²) in [6.07, 6.45) is 0. The Balaban J connectivity index is 1.84. The number of nitrogens with zero attached hydrogens (tertiary/aromatic N) is 1. The van der Waals surface area contributed by atoms with Crippen LogP contribution in [-0.2, 0) is 11.5 Å². The van der Waals surface area contributed by atoms with Gasteiger partial charge in [0, 0.05) is 22.8 Å². The maximum absolute atomic E-state index is 11.9. The molecular weight excluding hydrogens is 270 g/mol. The number of nitrogens with one attached hydrogen (secondary N) is 2. The van der Waals surface area contributed by atoms with Gasteiger partial charge in [0.25, 0.3) is 5.56 Å². The van der Waals surface area contributed by atoms with Gasteiger partial charge in [-0.25, -0.2) is 4.98 Å². The lowest BCUT2D eigenvalue weighted by Gasteiger charge is -2.09. The molecule has 5 heteroatoms. The van der Waals surface area contributed by atoms with Gasteiger partial charge in [0.2, 0.25) is 5.95 Å². The predicted octanol–water partition coefficient (Wildman–Crippen LogP) is 3.38. The third kappa shape index (κ3) is 2.58. The standard InChI is InChI=1S/C15H17N3OS/c1-9(2)10-3-5-11(6-4-10)16-15-17-13-8-20-7-12(13)14(19)18-15/h3-6,9H,7-8H2,1-2H3,(H2,16,17,18,19). The lowest BCUT2D eigenvalue weighted by Crippen LogP contribution is -2.16. The highest BCUT2D eigenvalue weighted by atomic mass is 32.2. The molecule has 0 spiro atoms. The van der Waals surface area contributed by atoms with E-state index in [1.54, 1.807) is 11.8 Å². The Morgan fingerprint density at radius 1 is 1.25 bits per heavy atom. The summed E-state index contributed by atoms with van der Waals surface area (Å²) in [6, 6.07) is 8.21. The molecule has 104 valence electrons. The smallest absolute Gasteiger partial charge is 0.256 e. The Hall–Kier alpha value is -1.75. The summed E-state index contributed by atoms with van der Waals surface area (Å²) in [6.45, 7) is 4.33. The lowest BCUT2D eigenvalue weighted by molar-refractivity contribution is 0.867. The van der Waals surface area contributed by atoms with Crippen molar-refractivity contribution in [2.75, 3.05) is 5.32 Å². The van der Waals surface area contributed by atoms with Crippen molar-refractivity contribution in [3.05, 3.63) is 51.4 Å². The topological polar surface area (TPSA) is 57.8 Å². The van der Waals surface area contributed by atoms with Gasteiger partial charge in [0.15, 0.2) is 0 Å². The van der Waals surface area contributed by atoms with Crippen LogP contribution >= 0.6 is 11.8 Å². The van der Waals surface area contributed by atoms with Crippen LogP contribution in [0.1, 0.15) is 36.6 Å². The largest absolute Gasteiger partial charge is 0.326 e. The number of thioether (sulfide) groups is 1. The number of fused-ring (bicyclic) bond motifs is 1. The monoisotopic (exact) mass is 287 g/mol. The van der Waals surface area contributed by atoms with Gasteiger partial charge < -0.3 is 5.32 Å². The second-order valence-corrected chi connectivity index (χ2v) is 6.22. The summed E-state index contributed by atoms with van der Waals surface area (Å²) in [7, 11) is 0. The number of anilines is 2. The van der Waals surface area contributed by atoms with E-state index in [0.29, 0.717) is 11.9 Å². The van der Waals surface area contributed by atoms with E-state index in [1.807, 2.05) is 12.1 Å². The number of hydrogen-bond donors (Lipinski definition) is 2. The van der Waals surface area contributed by atoms with Crippen LogP contribution in [0.5, 0.6) is 0 Å². The van der Waals surface area contributed by atoms with E-state index in [0.717, 1.165) is 28.5 Å². The zero-order valence-electron chi connectivity index (χ0n) is 11.6. The van der Waals surface area contributed by atoms with Gasteiger partial charge in [-0.15, -0.1) is 0 Å². The molecule has 0 radical (unpaired) electrons. The predicted molar refractivity (Wildman–Crippen MR) is 83.7 cm³/mol. The van der Waals surface area contributed by atoms with Gasteiger partial charge in [0.1, 0.15) is 0 Å². The van der Waals surface area contributed by atoms with Gasteiger partial charge in [-0.2, -0.15) is 11.8 Å². The Kier molecular flexibility index (Phi) is 3.53. The number of rotatable bonds is 3. The zero-order chi connectivity index (χ0) is 14.1. The van der Waals surface area contributed by atoms with Crippen molar-refractivity contribution >= 4 is 23.4 Å². The molecule has 0 atom stereocenters. The maximum atomic E-state index is 11.9. The Morgan fingerprint density at radius 3 is 2.70 bits per heavy atom. The number of aromatic nitrogens is 2. The lowest BCUT2D eigenvalue weighted by atomic mass is 10.0. The molecule has 1 aliphatic heterocycles. The summed E-state index contributed by atoms with van der Waals surface area (Å²) < 4.78 is 0. The first-order valence-electron chi connectivity index (χ1n) is 6.70. The first kappa shape index (κ1) is 13.2. The van der Waals surface area contributed by atoms with Crippen LogP contribution in [0.15, 0.2) is 29.1 Å². The summed E-state index contributed by atoms with van der Waals surface area (Å²) in [5, 5.41) is 3.16.